The molecule has 134 valence electrons. The number of aliphatic imine (C=N–C) groups is 1. The lowest BCUT2D eigenvalue weighted by atomic mass is 10.3. The third kappa shape index (κ3) is 2.90. The molecule has 9 heteroatoms. The Morgan fingerprint density at radius 3 is 2.38 bits per heavy atom. The molecule has 1 aromatic rings. The summed E-state index contributed by atoms with van der Waals surface area (Å²) in [5.74, 6) is 0.592. The number of sulfonamides is 1. The van der Waals surface area contributed by atoms with Gasteiger partial charge in [0.15, 0.2) is 0 Å². The molecule has 0 spiro atoms. The molecular weight excluding hydrogens is 328 g/mol. The van der Waals surface area contributed by atoms with E-state index in [4.69, 9.17) is 0 Å². The van der Waals surface area contributed by atoms with Gasteiger partial charge in [0.1, 0.15) is 4.90 Å². The Hall–Kier alpha value is -1.61. The van der Waals surface area contributed by atoms with E-state index in [0.717, 1.165) is 32.7 Å². The number of rotatable bonds is 4. The zero-order valence-electron chi connectivity index (χ0n) is 14.6. The third-order valence-electron chi connectivity index (χ3n) is 4.81. The van der Waals surface area contributed by atoms with Gasteiger partial charge in [0.05, 0.1) is 25.0 Å². The minimum Gasteiger partial charge on any atom is -0.339 e. The molecule has 1 fully saturated rings. The first-order valence-corrected chi connectivity index (χ1v) is 10.00. The average Bonchev–Trinajstić information content (AvgIpc) is 3.22. The van der Waals surface area contributed by atoms with Gasteiger partial charge in [-0.05, 0) is 20.4 Å². The van der Waals surface area contributed by atoms with Crippen LogP contribution < -0.4 is 0 Å². The third-order valence-corrected chi connectivity index (χ3v) is 6.69. The maximum atomic E-state index is 13.1. The van der Waals surface area contributed by atoms with Crippen LogP contribution in [0.5, 0.6) is 0 Å². The van der Waals surface area contributed by atoms with Gasteiger partial charge in [-0.2, -0.15) is 5.10 Å². The maximum Gasteiger partial charge on any atom is 0.270 e. The van der Waals surface area contributed by atoms with Gasteiger partial charge in [-0.1, -0.05) is 6.92 Å². The molecular formula is C15H26N6O2S. The van der Waals surface area contributed by atoms with Gasteiger partial charge in [0.2, 0.25) is 5.96 Å². The normalized spacial score (nSPS) is 19.9. The molecule has 1 aromatic heterocycles. The van der Waals surface area contributed by atoms with Crippen LogP contribution in [-0.4, -0.2) is 84.1 Å². The van der Waals surface area contributed by atoms with Crippen molar-refractivity contribution in [2.45, 2.75) is 32.2 Å². The second-order valence-corrected chi connectivity index (χ2v) is 7.92. The molecule has 0 unspecified atom stereocenters. The van der Waals surface area contributed by atoms with Crippen molar-refractivity contribution >= 4 is 16.0 Å². The SMILES string of the molecule is CCN1CCN(C2=NCCN2S(=O)(=O)c2cnn(CC)c2C)CC1. The van der Waals surface area contributed by atoms with Gasteiger partial charge in [-0.3, -0.25) is 9.67 Å². The van der Waals surface area contributed by atoms with E-state index in [2.05, 4.69) is 26.8 Å². The van der Waals surface area contributed by atoms with Gasteiger partial charge in [-0.15, -0.1) is 0 Å². The topological polar surface area (TPSA) is 74.0 Å². The molecule has 0 amide bonds. The quantitative estimate of drug-likeness (QED) is 0.773. The summed E-state index contributed by atoms with van der Waals surface area (Å²) >= 11 is 0. The van der Waals surface area contributed by atoms with Crippen molar-refractivity contribution in [2.75, 3.05) is 45.8 Å². The molecule has 0 N–H and O–H groups in total. The minimum absolute atomic E-state index is 0.283. The van der Waals surface area contributed by atoms with Gasteiger partial charge >= 0.3 is 0 Å². The number of nitrogens with zero attached hydrogens (tertiary/aromatic N) is 6. The van der Waals surface area contributed by atoms with Crippen molar-refractivity contribution in [1.29, 1.82) is 0 Å². The average molecular weight is 354 g/mol. The fraction of sp³-hybridized carbons (Fsp3) is 0.733. The summed E-state index contributed by atoms with van der Waals surface area (Å²) in [6, 6.07) is 0. The largest absolute Gasteiger partial charge is 0.339 e. The Bertz CT molecular complexity index is 718. The molecule has 0 radical (unpaired) electrons. The summed E-state index contributed by atoms with van der Waals surface area (Å²) in [5.41, 5.74) is 0.680. The van der Waals surface area contributed by atoms with Gasteiger partial charge in [0, 0.05) is 32.7 Å². The molecule has 3 rings (SSSR count). The Morgan fingerprint density at radius 1 is 1.08 bits per heavy atom. The number of piperazine rings is 1. The van der Waals surface area contributed by atoms with E-state index in [-0.39, 0.29) is 4.90 Å². The molecule has 3 heterocycles. The molecule has 2 aliphatic rings. The maximum absolute atomic E-state index is 13.1. The zero-order valence-corrected chi connectivity index (χ0v) is 15.5. The lowest BCUT2D eigenvalue weighted by molar-refractivity contribution is 0.184. The number of guanidine groups is 1. The lowest BCUT2D eigenvalue weighted by Crippen LogP contribution is -2.53. The van der Waals surface area contributed by atoms with Crippen molar-refractivity contribution in [3.63, 3.8) is 0 Å². The van der Waals surface area contributed by atoms with Gasteiger partial charge in [-0.25, -0.2) is 12.7 Å². The number of hydrogen-bond donors (Lipinski definition) is 0. The highest BCUT2D eigenvalue weighted by molar-refractivity contribution is 7.89. The Morgan fingerprint density at radius 2 is 1.79 bits per heavy atom. The predicted octanol–water partition coefficient (Wildman–Crippen LogP) is 0.209. The second kappa shape index (κ2) is 6.72. The smallest absolute Gasteiger partial charge is 0.270 e. The first-order valence-electron chi connectivity index (χ1n) is 8.56. The molecule has 2 aliphatic heterocycles. The standard InChI is InChI=1S/C15H26N6O2S/c1-4-18-8-10-19(11-9-18)15-16-6-7-21(15)24(22,23)14-12-17-20(5-2)13(14)3/h12H,4-11H2,1-3H3. The summed E-state index contributed by atoms with van der Waals surface area (Å²) in [7, 11) is -3.61. The van der Waals surface area contributed by atoms with Crippen molar-refractivity contribution in [3.05, 3.63) is 11.9 Å². The second-order valence-electron chi connectivity index (χ2n) is 6.09. The van der Waals surface area contributed by atoms with E-state index in [0.29, 0.717) is 31.3 Å². The van der Waals surface area contributed by atoms with Crippen LogP contribution in [0.4, 0.5) is 0 Å². The Balaban J connectivity index is 1.83. The number of aromatic nitrogens is 2. The molecule has 0 aliphatic carbocycles. The van der Waals surface area contributed by atoms with Crippen LogP contribution in [0.1, 0.15) is 19.5 Å². The monoisotopic (exact) mass is 354 g/mol. The molecule has 0 aromatic carbocycles. The summed E-state index contributed by atoms with van der Waals surface area (Å²) in [6.07, 6.45) is 1.46. The summed E-state index contributed by atoms with van der Waals surface area (Å²) in [5, 5.41) is 4.18. The van der Waals surface area contributed by atoms with Crippen LogP contribution in [0.3, 0.4) is 0 Å². The van der Waals surface area contributed by atoms with Gasteiger partial charge in [0.25, 0.3) is 10.0 Å². The number of likely N-dealkylation sites (N-methyl/N-ethyl adjacent to an activating group) is 1. The van der Waals surface area contributed by atoms with Crippen molar-refractivity contribution in [2.24, 2.45) is 4.99 Å². The lowest BCUT2D eigenvalue weighted by Gasteiger charge is -2.37. The fourth-order valence-corrected chi connectivity index (χ4v) is 4.90. The highest BCUT2D eigenvalue weighted by Gasteiger charge is 2.36. The van der Waals surface area contributed by atoms with E-state index in [1.165, 1.54) is 10.5 Å². The van der Waals surface area contributed by atoms with E-state index in [1.54, 1.807) is 11.6 Å². The van der Waals surface area contributed by atoms with Gasteiger partial charge < -0.3 is 9.80 Å². The minimum atomic E-state index is -3.61. The summed E-state index contributed by atoms with van der Waals surface area (Å²) < 4.78 is 29.4. The molecule has 8 nitrogen and oxygen atoms in total. The van der Waals surface area contributed by atoms with Crippen LogP contribution in [0, 0.1) is 6.92 Å². The van der Waals surface area contributed by atoms with Crippen LogP contribution in [0.15, 0.2) is 16.1 Å². The molecule has 24 heavy (non-hydrogen) atoms. The predicted molar refractivity (Wildman–Crippen MR) is 92.5 cm³/mol. The van der Waals surface area contributed by atoms with E-state index in [1.807, 2.05) is 6.92 Å². The molecule has 0 atom stereocenters. The van der Waals surface area contributed by atoms with Crippen LogP contribution in [0.2, 0.25) is 0 Å². The molecule has 1 saturated heterocycles. The summed E-state index contributed by atoms with van der Waals surface area (Å²) in [4.78, 5) is 9.22. The van der Waals surface area contributed by atoms with Crippen LogP contribution >= 0.6 is 0 Å². The Labute approximate surface area is 143 Å². The van der Waals surface area contributed by atoms with Crippen molar-refractivity contribution < 1.29 is 8.42 Å². The van der Waals surface area contributed by atoms with E-state index < -0.39 is 10.0 Å². The first kappa shape index (κ1) is 17.2. The van der Waals surface area contributed by atoms with E-state index >= 15 is 0 Å². The first-order chi connectivity index (χ1) is 11.5. The fourth-order valence-electron chi connectivity index (χ4n) is 3.29. The zero-order chi connectivity index (χ0) is 17.3. The molecule has 0 saturated carbocycles. The van der Waals surface area contributed by atoms with Crippen LogP contribution in [-0.2, 0) is 16.6 Å². The van der Waals surface area contributed by atoms with Crippen molar-refractivity contribution in [1.82, 2.24) is 23.9 Å². The van der Waals surface area contributed by atoms with Crippen LogP contribution in [0.25, 0.3) is 0 Å². The van der Waals surface area contributed by atoms with E-state index in [9.17, 15) is 8.42 Å². The number of aryl methyl sites for hydroxylation is 1. The highest BCUT2D eigenvalue weighted by atomic mass is 32.2. The summed E-state index contributed by atoms with van der Waals surface area (Å²) in [6.45, 7) is 12.0. The highest BCUT2D eigenvalue weighted by Crippen LogP contribution is 2.23. The van der Waals surface area contributed by atoms with Crippen molar-refractivity contribution in [3.8, 4) is 0 Å². The number of hydrogen-bond acceptors (Lipinski definition) is 6. The molecule has 0 bridgehead atoms. The Kier molecular flexibility index (Phi) is 4.82.